The van der Waals surface area contributed by atoms with E-state index in [4.69, 9.17) is 22.6 Å². The third kappa shape index (κ3) is 6.52. The standard InChI is InChI=1S/C23H32N3O9P/c1-14(2)33-20(28)16(4)25-36(31,35-17-9-7-6-8-10-17)32-13-18-19(27)23(5,30)21(34-18)26-12-11-15(3)24-22(26)29/h6-12,14,16,18-19,21,27,30H,3,13H2,1-2,4-5H3,(H,24,29)(H,25,31)/t16-,18+,19+,21+,23+,36?/m0/s1/i11D,13D2. The van der Waals surface area contributed by atoms with E-state index in [2.05, 4.69) is 17.0 Å². The number of aliphatic hydroxyl groups excluding tert-OH is 1. The summed E-state index contributed by atoms with van der Waals surface area (Å²) in [7, 11) is -4.76. The molecule has 0 saturated carbocycles. The van der Waals surface area contributed by atoms with Gasteiger partial charge in [0.15, 0.2) is 6.23 Å². The zero-order valence-electron chi connectivity index (χ0n) is 23.2. The molecule has 36 heavy (non-hydrogen) atoms. The van der Waals surface area contributed by atoms with Gasteiger partial charge < -0.3 is 29.5 Å². The number of carbonyl (C=O) groups is 2. The third-order valence-corrected chi connectivity index (χ3v) is 6.60. The Morgan fingerprint density at radius 2 is 2.08 bits per heavy atom. The average molecular weight is 529 g/mol. The van der Waals surface area contributed by atoms with Crippen molar-refractivity contribution in [2.75, 3.05) is 6.56 Å². The molecule has 2 amide bonds. The number of ether oxygens (including phenoxy) is 2. The van der Waals surface area contributed by atoms with Gasteiger partial charge in [-0.3, -0.25) is 14.2 Å². The van der Waals surface area contributed by atoms with Gasteiger partial charge in [0, 0.05) is 11.9 Å². The van der Waals surface area contributed by atoms with Crippen LogP contribution in [-0.4, -0.2) is 69.9 Å². The second kappa shape index (κ2) is 11.1. The van der Waals surface area contributed by atoms with Crippen molar-refractivity contribution < 1.29 is 47.0 Å². The second-order valence-corrected chi connectivity index (χ2v) is 10.2. The molecule has 0 radical (unpaired) electrons. The Labute approximate surface area is 213 Å². The smallest absolute Gasteiger partial charge is 0.459 e. The Hall–Kier alpha value is -2.73. The van der Waals surface area contributed by atoms with Gasteiger partial charge in [-0.15, -0.1) is 0 Å². The monoisotopic (exact) mass is 528 g/mol. The van der Waals surface area contributed by atoms with Crippen molar-refractivity contribution in [3.63, 3.8) is 0 Å². The zero-order valence-corrected chi connectivity index (χ0v) is 21.1. The molecular formula is C23H32N3O9P. The first-order valence-corrected chi connectivity index (χ1v) is 12.6. The normalized spacial score (nSPS) is 30.4. The molecule has 1 aromatic carbocycles. The highest BCUT2D eigenvalue weighted by molar-refractivity contribution is 7.52. The number of esters is 1. The number of aliphatic hydroxyl groups is 2. The van der Waals surface area contributed by atoms with Crippen LogP contribution >= 0.6 is 7.75 Å². The van der Waals surface area contributed by atoms with Crippen LogP contribution in [0.25, 0.3) is 0 Å². The summed E-state index contributed by atoms with van der Waals surface area (Å²) >= 11 is 0. The maximum Gasteiger partial charge on any atom is 0.459 e. The topological polar surface area (TPSA) is 156 Å². The summed E-state index contributed by atoms with van der Waals surface area (Å²) < 4.78 is 60.1. The molecule has 1 unspecified atom stereocenters. The molecule has 2 heterocycles. The second-order valence-electron chi connectivity index (χ2n) is 8.62. The van der Waals surface area contributed by atoms with E-state index in [1.807, 2.05) is 0 Å². The molecule has 1 aromatic rings. The molecule has 13 heteroatoms. The van der Waals surface area contributed by atoms with Crippen LogP contribution in [0.2, 0.25) is 0 Å². The molecule has 1 fully saturated rings. The summed E-state index contributed by atoms with van der Waals surface area (Å²) in [6, 6.07) is 5.24. The molecule has 0 spiro atoms. The number of urea groups is 1. The molecule has 0 bridgehead atoms. The van der Waals surface area contributed by atoms with Gasteiger partial charge in [0.25, 0.3) is 0 Å². The molecule has 6 atom stereocenters. The molecular weight excluding hydrogens is 493 g/mol. The van der Waals surface area contributed by atoms with E-state index in [1.54, 1.807) is 32.0 Å². The molecule has 2 aliphatic heterocycles. The van der Waals surface area contributed by atoms with Crippen molar-refractivity contribution >= 4 is 19.7 Å². The van der Waals surface area contributed by atoms with Gasteiger partial charge in [-0.25, -0.2) is 9.36 Å². The Bertz CT molecular complexity index is 1180. The number of benzene rings is 1. The highest BCUT2D eigenvalue weighted by atomic mass is 31.2. The maximum absolute atomic E-state index is 13.8. The minimum Gasteiger partial charge on any atom is -0.462 e. The van der Waals surface area contributed by atoms with Gasteiger partial charge in [0.2, 0.25) is 0 Å². The summed E-state index contributed by atoms with van der Waals surface area (Å²) in [5.74, 6) is -0.813. The van der Waals surface area contributed by atoms with Crippen molar-refractivity contribution in [1.82, 2.24) is 15.3 Å². The van der Waals surface area contributed by atoms with Crippen LogP contribution < -0.4 is 14.9 Å². The summed E-state index contributed by atoms with van der Waals surface area (Å²) in [5, 5.41) is 26.5. The van der Waals surface area contributed by atoms with Gasteiger partial charge in [0.05, 0.1) is 16.8 Å². The van der Waals surface area contributed by atoms with Crippen LogP contribution in [0.5, 0.6) is 5.75 Å². The maximum atomic E-state index is 13.8. The predicted octanol–water partition coefficient (Wildman–Crippen LogP) is 2.01. The van der Waals surface area contributed by atoms with Crippen molar-refractivity contribution in [1.29, 1.82) is 0 Å². The molecule has 1 saturated heterocycles. The van der Waals surface area contributed by atoms with Gasteiger partial charge in [-0.2, -0.15) is 5.09 Å². The SMILES string of the molecule is [2H]C1=CN([C@@H]2O[C@H](C([2H])([2H])OP(=O)(N[C@@H](C)C(=O)OC(C)C)Oc3ccccc3)[C@@H](O)[C@@]2(C)O)C(=O)NC1=C. The lowest BCUT2D eigenvalue weighted by molar-refractivity contribution is -0.149. The Morgan fingerprint density at radius 1 is 1.42 bits per heavy atom. The summed E-state index contributed by atoms with van der Waals surface area (Å²) in [4.78, 5) is 25.6. The van der Waals surface area contributed by atoms with E-state index in [0.717, 1.165) is 18.0 Å². The Kier molecular flexibility index (Phi) is 7.31. The Balaban J connectivity index is 1.90. The first kappa shape index (κ1) is 23.7. The van der Waals surface area contributed by atoms with Crippen LogP contribution in [0.4, 0.5) is 4.79 Å². The van der Waals surface area contributed by atoms with Crippen LogP contribution in [0.3, 0.4) is 0 Å². The van der Waals surface area contributed by atoms with Crippen molar-refractivity contribution in [3.05, 3.63) is 54.9 Å². The number of para-hydroxylation sites is 1. The minimum atomic E-state index is -4.76. The zero-order chi connectivity index (χ0) is 29.3. The minimum absolute atomic E-state index is 0.00431. The van der Waals surface area contributed by atoms with E-state index in [-0.39, 0.29) is 17.5 Å². The van der Waals surface area contributed by atoms with Gasteiger partial charge in [-0.1, -0.05) is 24.8 Å². The van der Waals surface area contributed by atoms with Crippen LogP contribution in [0.15, 0.2) is 54.9 Å². The van der Waals surface area contributed by atoms with Gasteiger partial charge in [0.1, 0.15) is 29.6 Å². The van der Waals surface area contributed by atoms with Crippen LogP contribution in [0.1, 0.15) is 31.8 Å². The molecule has 3 rings (SSSR count). The number of rotatable bonds is 10. The fourth-order valence-corrected chi connectivity index (χ4v) is 4.65. The third-order valence-electron chi connectivity index (χ3n) is 5.10. The summed E-state index contributed by atoms with van der Waals surface area (Å²) in [6.07, 6.45) is -5.23. The first-order valence-electron chi connectivity index (χ1n) is 12.5. The highest BCUT2D eigenvalue weighted by Crippen LogP contribution is 2.46. The number of allylic oxidation sites excluding steroid dienone is 1. The van der Waals surface area contributed by atoms with Gasteiger partial charge >= 0.3 is 19.7 Å². The number of hydrogen-bond acceptors (Lipinski definition) is 9. The number of amides is 2. The van der Waals surface area contributed by atoms with E-state index < -0.39 is 62.5 Å². The van der Waals surface area contributed by atoms with Crippen molar-refractivity contribution in [2.45, 2.75) is 63.9 Å². The molecule has 0 aromatic heterocycles. The first-order chi connectivity index (χ1) is 18.0. The largest absolute Gasteiger partial charge is 0.462 e. The fraction of sp³-hybridized carbons (Fsp3) is 0.478. The van der Waals surface area contributed by atoms with Crippen molar-refractivity contribution in [2.24, 2.45) is 0 Å². The van der Waals surface area contributed by atoms with E-state index in [0.29, 0.717) is 0 Å². The van der Waals surface area contributed by atoms with E-state index in [9.17, 15) is 24.4 Å². The number of nitrogens with zero attached hydrogens (tertiary/aromatic N) is 1. The van der Waals surface area contributed by atoms with Crippen LogP contribution in [-0.2, 0) is 23.4 Å². The lowest BCUT2D eigenvalue weighted by Crippen LogP contribution is -2.55. The van der Waals surface area contributed by atoms with Gasteiger partial charge in [-0.05, 0) is 45.9 Å². The summed E-state index contributed by atoms with van der Waals surface area (Å²) in [5.41, 5.74) is -2.29. The average Bonchev–Trinajstić information content (AvgIpc) is 3.05. The fourth-order valence-electron chi connectivity index (χ4n) is 3.29. The molecule has 12 nitrogen and oxygen atoms in total. The molecule has 0 aliphatic carbocycles. The lowest BCUT2D eigenvalue weighted by Gasteiger charge is -2.35. The van der Waals surface area contributed by atoms with E-state index >= 15 is 0 Å². The molecule has 4 N–H and O–H groups in total. The quantitative estimate of drug-likeness (QED) is 0.262. The Morgan fingerprint density at radius 3 is 2.72 bits per heavy atom. The lowest BCUT2D eigenvalue weighted by atomic mass is 9.96. The summed E-state index contributed by atoms with van der Waals surface area (Å²) in [6.45, 7) is 5.98. The predicted molar refractivity (Wildman–Crippen MR) is 128 cm³/mol. The van der Waals surface area contributed by atoms with Crippen LogP contribution in [0, 0.1) is 0 Å². The number of carbonyl (C=O) groups excluding carboxylic acids is 2. The van der Waals surface area contributed by atoms with E-state index in [1.165, 1.54) is 19.1 Å². The number of nitrogens with one attached hydrogen (secondary N) is 2. The molecule has 198 valence electrons. The molecule has 2 aliphatic rings. The number of hydrogen-bond donors (Lipinski definition) is 4. The van der Waals surface area contributed by atoms with Crippen molar-refractivity contribution in [3.8, 4) is 5.75 Å². The highest BCUT2D eigenvalue weighted by Gasteiger charge is 2.56.